The minimum absolute atomic E-state index is 0.326. The van der Waals surface area contributed by atoms with Crippen LogP contribution in [0.2, 0.25) is 0 Å². The third-order valence-corrected chi connectivity index (χ3v) is 4.03. The van der Waals surface area contributed by atoms with Crippen molar-refractivity contribution in [3.63, 3.8) is 0 Å². The molecular formula is C20H15NO4. The number of nitriles is 1. The molecule has 124 valence electrons. The number of nitrogens with zero attached hydrogens (tertiary/aromatic N) is 1. The van der Waals surface area contributed by atoms with Crippen molar-refractivity contribution in [1.29, 1.82) is 5.26 Å². The van der Waals surface area contributed by atoms with Crippen LogP contribution in [0.3, 0.4) is 0 Å². The van der Waals surface area contributed by atoms with E-state index in [0.29, 0.717) is 39.3 Å². The van der Waals surface area contributed by atoms with Gasteiger partial charge in [0.25, 0.3) is 0 Å². The third kappa shape index (κ3) is 2.74. The number of fused-ring (bicyclic) bond motifs is 1. The Labute approximate surface area is 145 Å². The smallest absolute Gasteiger partial charge is 0.227 e. The van der Waals surface area contributed by atoms with E-state index in [0.717, 1.165) is 0 Å². The number of aliphatic hydroxyl groups is 1. The van der Waals surface area contributed by atoms with E-state index in [1.807, 2.05) is 0 Å². The van der Waals surface area contributed by atoms with Gasteiger partial charge in [0.05, 0.1) is 19.8 Å². The van der Waals surface area contributed by atoms with Gasteiger partial charge < -0.3 is 14.6 Å². The summed E-state index contributed by atoms with van der Waals surface area (Å²) in [5, 5.41) is 19.7. The molecule has 1 aliphatic carbocycles. The molecule has 0 aliphatic heterocycles. The van der Waals surface area contributed by atoms with Gasteiger partial charge in [0, 0.05) is 11.1 Å². The highest BCUT2D eigenvalue weighted by Crippen LogP contribution is 2.37. The Balaban J connectivity index is 2.27. The van der Waals surface area contributed by atoms with Crippen LogP contribution >= 0.6 is 0 Å². The second kappa shape index (κ2) is 6.54. The number of methoxy groups -OCH3 is 2. The van der Waals surface area contributed by atoms with Crippen molar-refractivity contribution in [3.8, 4) is 17.6 Å². The fourth-order valence-corrected chi connectivity index (χ4v) is 2.81. The Morgan fingerprint density at radius 1 is 1.04 bits per heavy atom. The normalized spacial score (nSPS) is 14.9. The average molecular weight is 333 g/mol. The van der Waals surface area contributed by atoms with Crippen LogP contribution in [0.15, 0.2) is 54.3 Å². The molecule has 1 aliphatic rings. The molecule has 0 amide bonds. The van der Waals surface area contributed by atoms with E-state index in [9.17, 15) is 15.2 Å². The zero-order valence-electron chi connectivity index (χ0n) is 13.7. The summed E-state index contributed by atoms with van der Waals surface area (Å²) in [6, 6.07) is 14.2. The van der Waals surface area contributed by atoms with Gasteiger partial charge in [0.15, 0.2) is 17.3 Å². The minimum atomic E-state index is -0.455. The summed E-state index contributed by atoms with van der Waals surface area (Å²) >= 11 is 0. The van der Waals surface area contributed by atoms with E-state index in [1.165, 1.54) is 20.3 Å². The number of allylic oxidation sites excluding steroid dienone is 4. The molecule has 0 spiro atoms. The van der Waals surface area contributed by atoms with Crippen molar-refractivity contribution >= 4 is 16.9 Å². The number of benzene rings is 2. The lowest BCUT2D eigenvalue weighted by Gasteiger charge is -2.17. The fraction of sp³-hybridized carbons (Fsp3) is 0.100. The molecule has 1 N–H and O–H groups in total. The maximum atomic E-state index is 12.1. The van der Waals surface area contributed by atoms with E-state index < -0.39 is 5.78 Å². The number of hydrogen-bond donors (Lipinski definition) is 1. The second-order valence-electron chi connectivity index (χ2n) is 5.37. The quantitative estimate of drug-likeness (QED) is 0.865. The minimum Gasteiger partial charge on any atom is -0.504 e. The van der Waals surface area contributed by atoms with Crippen LogP contribution in [-0.2, 0) is 0 Å². The highest BCUT2D eigenvalue weighted by atomic mass is 16.5. The second-order valence-corrected chi connectivity index (χ2v) is 5.37. The Morgan fingerprint density at radius 2 is 1.72 bits per heavy atom. The van der Waals surface area contributed by atoms with Crippen LogP contribution in [0.25, 0.3) is 11.1 Å². The lowest BCUT2D eigenvalue weighted by atomic mass is 9.86. The van der Waals surface area contributed by atoms with Crippen molar-refractivity contribution < 1.29 is 19.4 Å². The summed E-state index contributed by atoms with van der Waals surface area (Å²) in [7, 11) is 3.05. The summed E-state index contributed by atoms with van der Waals surface area (Å²) < 4.78 is 10.5. The largest absolute Gasteiger partial charge is 0.504 e. The van der Waals surface area contributed by atoms with Gasteiger partial charge in [-0.15, -0.1) is 0 Å². The third-order valence-electron chi connectivity index (χ3n) is 4.03. The predicted octanol–water partition coefficient (Wildman–Crippen LogP) is 3.78. The SMILES string of the molecule is COc1ccc(/C(C#N)=C2/C=C(O)C(=O)c3ccccc32)cc1OC. The van der Waals surface area contributed by atoms with E-state index in [4.69, 9.17) is 9.47 Å². The topological polar surface area (TPSA) is 79.5 Å². The summed E-state index contributed by atoms with van der Waals surface area (Å²) in [5.74, 6) is 0.193. The van der Waals surface area contributed by atoms with Crippen LogP contribution in [0.1, 0.15) is 21.5 Å². The molecule has 5 heteroatoms. The van der Waals surface area contributed by atoms with Gasteiger partial charge >= 0.3 is 0 Å². The van der Waals surface area contributed by atoms with E-state index in [2.05, 4.69) is 6.07 Å². The van der Waals surface area contributed by atoms with Crippen LogP contribution in [-0.4, -0.2) is 25.1 Å². The van der Waals surface area contributed by atoms with Gasteiger partial charge in [-0.25, -0.2) is 0 Å². The molecule has 2 aromatic carbocycles. The highest BCUT2D eigenvalue weighted by molar-refractivity contribution is 6.18. The number of ether oxygens (including phenoxy) is 2. The zero-order chi connectivity index (χ0) is 18.0. The van der Waals surface area contributed by atoms with Crippen LogP contribution < -0.4 is 9.47 Å². The number of carbonyl (C=O) groups is 1. The summed E-state index contributed by atoms with van der Waals surface area (Å²) in [6.45, 7) is 0. The lowest BCUT2D eigenvalue weighted by molar-refractivity contribution is 0.0976. The van der Waals surface area contributed by atoms with E-state index in [-0.39, 0.29) is 5.76 Å². The van der Waals surface area contributed by atoms with Crippen molar-refractivity contribution in [2.45, 2.75) is 0 Å². The number of aliphatic hydroxyl groups excluding tert-OH is 1. The molecule has 3 rings (SSSR count). The zero-order valence-corrected chi connectivity index (χ0v) is 13.7. The Kier molecular flexibility index (Phi) is 4.27. The molecule has 0 aromatic heterocycles. The first kappa shape index (κ1) is 16.3. The molecule has 0 heterocycles. The van der Waals surface area contributed by atoms with Gasteiger partial charge in [-0.05, 0) is 35.4 Å². The molecule has 5 nitrogen and oxygen atoms in total. The van der Waals surface area contributed by atoms with Gasteiger partial charge in [0.2, 0.25) is 5.78 Å². The molecule has 0 atom stereocenters. The van der Waals surface area contributed by atoms with Crippen molar-refractivity contribution in [2.24, 2.45) is 0 Å². The Bertz CT molecular complexity index is 964. The van der Waals surface area contributed by atoms with Crippen LogP contribution in [0.5, 0.6) is 11.5 Å². The average Bonchev–Trinajstić information content (AvgIpc) is 2.66. The number of Topliss-reactive ketones (excluding diaryl/α,β-unsaturated/α-hetero) is 1. The van der Waals surface area contributed by atoms with E-state index in [1.54, 1.807) is 42.5 Å². The Hall–Kier alpha value is -3.52. The number of carbonyl (C=O) groups excluding carboxylic acids is 1. The fourth-order valence-electron chi connectivity index (χ4n) is 2.81. The number of rotatable bonds is 3. The number of hydrogen-bond acceptors (Lipinski definition) is 5. The van der Waals surface area contributed by atoms with Crippen molar-refractivity contribution in [3.05, 3.63) is 71.0 Å². The standard InChI is InChI=1S/C20H15NO4/c1-24-18-8-7-12(9-19(18)25-2)16(11-21)15-10-17(22)20(23)14-6-4-3-5-13(14)15/h3-10,22H,1-2H3/b16-15-. The molecule has 0 saturated carbocycles. The molecule has 0 bridgehead atoms. The highest BCUT2D eigenvalue weighted by Gasteiger charge is 2.25. The summed E-state index contributed by atoms with van der Waals surface area (Å²) in [6.07, 6.45) is 1.33. The van der Waals surface area contributed by atoms with Crippen molar-refractivity contribution in [2.75, 3.05) is 14.2 Å². The number of ketones is 1. The van der Waals surface area contributed by atoms with Gasteiger partial charge in [-0.1, -0.05) is 24.3 Å². The molecule has 0 saturated heterocycles. The summed E-state index contributed by atoms with van der Waals surface area (Å²) in [5.41, 5.74) is 2.39. The molecular weight excluding hydrogens is 318 g/mol. The van der Waals surface area contributed by atoms with Gasteiger partial charge in [-0.2, -0.15) is 5.26 Å². The maximum absolute atomic E-state index is 12.1. The lowest BCUT2D eigenvalue weighted by Crippen LogP contribution is -2.12. The summed E-state index contributed by atoms with van der Waals surface area (Å²) in [4.78, 5) is 12.1. The monoisotopic (exact) mass is 333 g/mol. The first-order chi connectivity index (χ1) is 12.1. The molecule has 0 radical (unpaired) electrons. The van der Waals surface area contributed by atoms with Crippen LogP contribution in [0, 0.1) is 11.3 Å². The van der Waals surface area contributed by atoms with Gasteiger partial charge in [0.1, 0.15) is 6.07 Å². The molecule has 0 fully saturated rings. The predicted molar refractivity (Wildman–Crippen MR) is 93.5 cm³/mol. The maximum Gasteiger partial charge on any atom is 0.227 e. The molecule has 2 aromatic rings. The van der Waals surface area contributed by atoms with E-state index >= 15 is 0 Å². The first-order valence-corrected chi connectivity index (χ1v) is 7.52. The van der Waals surface area contributed by atoms with Crippen LogP contribution in [0.4, 0.5) is 0 Å². The molecule has 0 unspecified atom stereocenters. The van der Waals surface area contributed by atoms with Crippen molar-refractivity contribution in [1.82, 2.24) is 0 Å². The van der Waals surface area contributed by atoms with Gasteiger partial charge in [-0.3, -0.25) is 4.79 Å². The Morgan fingerprint density at radius 3 is 2.36 bits per heavy atom. The molecule has 25 heavy (non-hydrogen) atoms. The first-order valence-electron chi connectivity index (χ1n) is 7.52.